The Morgan fingerprint density at radius 1 is 1.30 bits per heavy atom. The molecule has 0 bridgehead atoms. The number of hydrogen-bond acceptors (Lipinski definition) is 2. The van der Waals surface area contributed by atoms with Gasteiger partial charge in [0.1, 0.15) is 0 Å². The Morgan fingerprint density at radius 2 is 2.10 bits per heavy atom. The predicted molar refractivity (Wildman–Crippen MR) is 87.1 cm³/mol. The maximum absolute atomic E-state index is 3.67. The van der Waals surface area contributed by atoms with Crippen LogP contribution in [-0.4, -0.2) is 37.1 Å². The lowest BCUT2D eigenvalue weighted by atomic mass is 9.91. The van der Waals surface area contributed by atoms with Crippen LogP contribution in [0.25, 0.3) is 0 Å². The molecule has 0 amide bonds. The summed E-state index contributed by atoms with van der Waals surface area (Å²) < 4.78 is 0. The Bertz CT molecular complexity index is 363. The van der Waals surface area contributed by atoms with Gasteiger partial charge in [-0.3, -0.25) is 0 Å². The summed E-state index contributed by atoms with van der Waals surface area (Å²) in [5.74, 6) is 0.825. The Kier molecular flexibility index (Phi) is 6.55. The van der Waals surface area contributed by atoms with Gasteiger partial charge in [-0.25, -0.2) is 0 Å². The number of nitrogens with zero attached hydrogens (tertiary/aromatic N) is 1. The molecular weight excluding hydrogens is 244 g/mol. The second-order valence-corrected chi connectivity index (χ2v) is 6.18. The molecule has 0 spiro atoms. The van der Waals surface area contributed by atoms with Crippen molar-refractivity contribution in [2.75, 3.05) is 26.2 Å². The quantitative estimate of drug-likeness (QED) is 0.820. The zero-order valence-corrected chi connectivity index (χ0v) is 13.1. The van der Waals surface area contributed by atoms with Crippen LogP contribution in [-0.2, 0) is 6.42 Å². The molecule has 1 aromatic rings. The summed E-state index contributed by atoms with van der Waals surface area (Å²) in [5.41, 5.74) is 1.46. The molecule has 2 heteroatoms. The van der Waals surface area contributed by atoms with E-state index in [2.05, 4.69) is 54.4 Å². The molecule has 0 aliphatic carbocycles. The van der Waals surface area contributed by atoms with E-state index in [-0.39, 0.29) is 0 Å². The maximum atomic E-state index is 3.67. The van der Waals surface area contributed by atoms with Gasteiger partial charge in [0, 0.05) is 19.1 Å². The van der Waals surface area contributed by atoms with Crippen molar-refractivity contribution in [1.82, 2.24) is 10.2 Å². The molecule has 1 N–H and O–H groups in total. The predicted octanol–water partition coefficient (Wildman–Crippen LogP) is 3.33. The Morgan fingerprint density at radius 3 is 2.85 bits per heavy atom. The molecule has 1 saturated heterocycles. The molecule has 0 saturated carbocycles. The second-order valence-electron chi connectivity index (χ2n) is 6.18. The van der Waals surface area contributed by atoms with Gasteiger partial charge >= 0.3 is 0 Å². The summed E-state index contributed by atoms with van der Waals surface area (Å²) >= 11 is 0. The summed E-state index contributed by atoms with van der Waals surface area (Å²) in [5, 5.41) is 3.67. The maximum Gasteiger partial charge on any atom is 0.00792 e. The minimum atomic E-state index is 0.662. The monoisotopic (exact) mass is 274 g/mol. The highest BCUT2D eigenvalue weighted by atomic mass is 15.1. The highest BCUT2D eigenvalue weighted by Crippen LogP contribution is 2.20. The van der Waals surface area contributed by atoms with Crippen LogP contribution in [0.3, 0.4) is 0 Å². The number of benzene rings is 1. The molecule has 1 fully saturated rings. The smallest absolute Gasteiger partial charge is 0.00792 e. The Balaban J connectivity index is 1.75. The first kappa shape index (κ1) is 15.5. The fourth-order valence-corrected chi connectivity index (χ4v) is 3.17. The zero-order valence-electron chi connectivity index (χ0n) is 13.1. The minimum Gasteiger partial charge on any atom is -0.314 e. The summed E-state index contributed by atoms with van der Waals surface area (Å²) in [6.45, 7) is 9.52. The van der Waals surface area contributed by atoms with Gasteiger partial charge in [-0.1, -0.05) is 37.3 Å². The summed E-state index contributed by atoms with van der Waals surface area (Å²) in [7, 11) is 0. The fourth-order valence-electron chi connectivity index (χ4n) is 3.17. The largest absolute Gasteiger partial charge is 0.314 e. The number of nitrogens with one attached hydrogen (secondary N) is 1. The second kappa shape index (κ2) is 8.43. The molecule has 112 valence electrons. The molecule has 1 heterocycles. The van der Waals surface area contributed by atoms with E-state index >= 15 is 0 Å². The number of piperidine rings is 1. The van der Waals surface area contributed by atoms with Crippen molar-refractivity contribution in [3.63, 3.8) is 0 Å². The van der Waals surface area contributed by atoms with Crippen LogP contribution in [0.15, 0.2) is 30.3 Å². The molecule has 0 radical (unpaired) electrons. The van der Waals surface area contributed by atoms with Crippen molar-refractivity contribution in [3.8, 4) is 0 Å². The molecule has 1 aromatic carbocycles. The average molecular weight is 274 g/mol. The number of rotatable bonds is 7. The standard InChI is InChI=1S/C18H30N2/c1-3-12-19-16(2)18-10-7-13-20(15-18)14-11-17-8-5-4-6-9-17/h4-6,8-9,16,18-19H,3,7,10-15H2,1-2H3. The number of hydrogen-bond donors (Lipinski definition) is 1. The molecule has 20 heavy (non-hydrogen) atoms. The van der Waals surface area contributed by atoms with Crippen LogP contribution in [0.1, 0.15) is 38.7 Å². The van der Waals surface area contributed by atoms with Gasteiger partial charge in [0.2, 0.25) is 0 Å². The van der Waals surface area contributed by atoms with E-state index in [9.17, 15) is 0 Å². The topological polar surface area (TPSA) is 15.3 Å². The van der Waals surface area contributed by atoms with Gasteiger partial charge in [-0.2, -0.15) is 0 Å². The van der Waals surface area contributed by atoms with Crippen LogP contribution >= 0.6 is 0 Å². The third kappa shape index (κ3) is 4.92. The fraction of sp³-hybridized carbons (Fsp3) is 0.667. The van der Waals surface area contributed by atoms with E-state index < -0.39 is 0 Å². The van der Waals surface area contributed by atoms with Crippen molar-refractivity contribution in [3.05, 3.63) is 35.9 Å². The molecule has 1 aliphatic rings. The van der Waals surface area contributed by atoms with Gasteiger partial charge in [-0.05, 0) is 57.2 Å². The highest BCUT2D eigenvalue weighted by Gasteiger charge is 2.23. The van der Waals surface area contributed by atoms with Gasteiger partial charge in [0.05, 0.1) is 0 Å². The lowest BCUT2D eigenvalue weighted by molar-refractivity contribution is 0.152. The van der Waals surface area contributed by atoms with E-state index in [0.717, 1.165) is 12.5 Å². The van der Waals surface area contributed by atoms with Crippen LogP contribution in [0.2, 0.25) is 0 Å². The van der Waals surface area contributed by atoms with Crippen molar-refractivity contribution in [2.45, 2.75) is 45.6 Å². The lowest BCUT2D eigenvalue weighted by Gasteiger charge is -2.36. The normalized spacial score (nSPS) is 21.8. The first-order valence-electron chi connectivity index (χ1n) is 8.29. The van der Waals surface area contributed by atoms with Gasteiger partial charge < -0.3 is 10.2 Å². The third-order valence-corrected chi connectivity index (χ3v) is 4.52. The molecule has 2 unspecified atom stereocenters. The molecule has 2 atom stereocenters. The van der Waals surface area contributed by atoms with Crippen LogP contribution in [0.4, 0.5) is 0 Å². The van der Waals surface area contributed by atoms with E-state index in [1.807, 2.05) is 0 Å². The van der Waals surface area contributed by atoms with E-state index in [4.69, 9.17) is 0 Å². The zero-order chi connectivity index (χ0) is 14.2. The van der Waals surface area contributed by atoms with Crippen molar-refractivity contribution < 1.29 is 0 Å². The minimum absolute atomic E-state index is 0.662. The third-order valence-electron chi connectivity index (χ3n) is 4.52. The molecular formula is C18H30N2. The number of likely N-dealkylation sites (tertiary alicyclic amines) is 1. The van der Waals surface area contributed by atoms with Gasteiger partial charge in [0.15, 0.2) is 0 Å². The summed E-state index contributed by atoms with van der Waals surface area (Å²) in [6.07, 6.45) is 5.16. The molecule has 0 aromatic heterocycles. The van der Waals surface area contributed by atoms with Gasteiger partial charge in [0.25, 0.3) is 0 Å². The Hall–Kier alpha value is -0.860. The van der Waals surface area contributed by atoms with E-state index in [1.54, 1.807) is 0 Å². The van der Waals surface area contributed by atoms with Crippen LogP contribution in [0, 0.1) is 5.92 Å². The van der Waals surface area contributed by atoms with Crippen LogP contribution < -0.4 is 5.32 Å². The van der Waals surface area contributed by atoms with Crippen molar-refractivity contribution in [1.29, 1.82) is 0 Å². The SMILES string of the molecule is CCCNC(C)C1CCCN(CCc2ccccc2)C1. The van der Waals surface area contributed by atoms with Crippen LogP contribution in [0.5, 0.6) is 0 Å². The lowest BCUT2D eigenvalue weighted by Crippen LogP contribution is -2.45. The molecule has 1 aliphatic heterocycles. The van der Waals surface area contributed by atoms with E-state index in [0.29, 0.717) is 6.04 Å². The van der Waals surface area contributed by atoms with Gasteiger partial charge in [-0.15, -0.1) is 0 Å². The first-order chi connectivity index (χ1) is 9.79. The van der Waals surface area contributed by atoms with Crippen molar-refractivity contribution in [2.24, 2.45) is 5.92 Å². The highest BCUT2D eigenvalue weighted by molar-refractivity contribution is 5.14. The molecule has 2 nitrogen and oxygen atoms in total. The first-order valence-corrected chi connectivity index (χ1v) is 8.29. The summed E-state index contributed by atoms with van der Waals surface area (Å²) in [6, 6.07) is 11.5. The van der Waals surface area contributed by atoms with Crippen molar-refractivity contribution >= 4 is 0 Å². The summed E-state index contributed by atoms with van der Waals surface area (Å²) in [4.78, 5) is 2.66. The average Bonchev–Trinajstić information content (AvgIpc) is 2.52. The van der Waals surface area contributed by atoms with E-state index in [1.165, 1.54) is 50.9 Å². The Labute approximate surface area is 124 Å². The molecule has 2 rings (SSSR count).